The standard InChI is InChI=1S/C8H9N3O3S/c9-8(15)11-10-7(14)4-1-2-5(12)6(13)3-4/h1-3,12-13H,(H,10,14)(H3,9,11,15). The fraction of sp³-hybridized carbons (Fsp3) is 0. The molecular weight excluding hydrogens is 218 g/mol. The zero-order valence-electron chi connectivity index (χ0n) is 7.52. The quantitative estimate of drug-likeness (QED) is 0.253. The highest BCUT2D eigenvalue weighted by molar-refractivity contribution is 7.80. The lowest BCUT2D eigenvalue weighted by Gasteiger charge is -2.06. The molecule has 0 aliphatic carbocycles. The summed E-state index contributed by atoms with van der Waals surface area (Å²) in [6.45, 7) is 0. The zero-order valence-corrected chi connectivity index (χ0v) is 8.34. The second-order valence-electron chi connectivity index (χ2n) is 2.65. The molecule has 0 aromatic heterocycles. The summed E-state index contributed by atoms with van der Waals surface area (Å²) in [6.07, 6.45) is 0. The minimum absolute atomic E-state index is 0.0775. The Hall–Kier alpha value is -2.02. The van der Waals surface area contributed by atoms with Gasteiger partial charge in [0.1, 0.15) is 0 Å². The van der Waals surface area contributed by atoms with E-state index in [1.165, 1.54) is 12.1 Å². The van der Waals surface area contributed by atoms with Gasteiger partial charge in [-0.2, -0.15) is 0 Å². The van der Waals surface area contributed by atoms with E-state index in [-0.39, 0.29) is 22.2 Å². The number of phenols is 2. The summed E-state index contributed by atoms with van der Waals surface area (Å²) in [6, 6.07) is 3.66. The number of phenolic OH excluding ortho intramolecular Hbond substituents is 2. The highest BCUT2D eigenvalue weighted by Gasteiger charge is 2.07. The normalized spacial score (nSPS) is 9.33. The molecule has 0 spiro atoms. The van der Waals surface area contributed by atoms with Crippen LogP contribution in [0.4, 0.5) is 0 Å². The Morgan fingerprint density at radius 1 is 1.27 bits per heavy atom. The molecule has 0 aliphatic heterocycles. The molecule has 15 heavy (non-hydrogen) atoms. The summed E-state index contributed by atoms with van der Waals surface area (Å²) in [4.78, 5) is 11.3. The first-order valence-electron chi connectivity index (χ1n) is 3.88. The minimum atomic E-state index is -0.530. The molecule has 6 N–H and O–H groups in total. The average molecular weight is 227 g/mol. The van der Waals surface area contributed by atoms with Gasteiger partial charge in [0.2, 0.25) is 0 Å². The van der Waals surface area contributed by atoms with Crippen molar-refractivity contribution < 1.29 is 15.0 Å². The van der Waals surface area contributed by atoms with Gasteiger partial charge in [-0.25, -0.2) is 0 Å². The molecule has 0 unspecified atom stereocenters. The smallest absolute Gasteiger partial charge is 0.269 e. The Bertz CT molecular complexity index is 408. The molecule has 0 heterocycles. The summed E-state index contributed by atoms with van der Waals surface area (Å²) in [7, 11) is 0. The number of amides is 1. The monoisotopic (exact) mass is 227 g/mol. The van der Waals surface area contributed by atoms with Crippen LogP contribution in [-0.4, -0.2) is 21.2 Å². The lowest BCUT2D eigenvalue weighted by molar-refractivity contribution is 0.0943. The number of rotatable bonds is 1. The van der Waals surface area contributed by atoms with Gasteiger partial charge in [0.25, 0.3) is 5.91 Å². The van der Waals surface area contributed by atoms with E-state index < -0.39 is 5.91 Å². The highest BCUT2D eigenvalue weighted by Crippen LogP contribution is 2.24. The number of hydrazine groups is 1. The van der Waals surface area contributed by atoms with E-state index in [4.69, 9.17) is 15.9 Å². The number of nitrogens with one attached hydrogen (secondary N) is 2. The van der Waals surface area contributed by atoms with Crippen molar-refractivity contribution in [3.05, 3.63) is 23.8 Å². The van der Waals surface area contributed by atoms with Crippen molar-refractivity contribution in [2.45, 2.75) is 0 Å². The van der Waals surface area contributed by atoms with E-state index in [2.05, 4.69) is 23.1 Å². The van der Waals surface area contributed by atoms with Crippen molar-refractivity contribution >= 4 is 23.2 Å². The third-order valence-electron chi connectivity index (χ3n) is 1.54. The van der Waals surface area contributed by atoms with Gasteiger partial charge >= 0.3 is 0 Å². The molecule has 1 rings (SSSR count). The summed E-state index contributed by atoms with van der Waals surface area (Å²) in [5.41, 5.74) is 9.69. The van der Waals surface area contributed by atoms with Crippen molar-refractivity contribution in [1.29, 1.82) is 0 Å². The second-order valence-corrected chi connectivity index (χ2v) is 3.09. The summed E-state index contributed by atoms with van der Waals surface area (Å²) < 4.78 is 0. The van der Waals surface area contributed by atoms with Crippen LogP contribution in [0.15, 0.2) is 18.2 Å². The molecule has 0 atom stereocenters. The lowest BCUT2D eigenvalue weighted by Crippen LogP contribution is -2.44. The summed E-state index contributed by atoms with van der Waals surface area (Å²) in [5.74, 6) is -1.20. The third-order valence-corrected chi connectivity index (χ3v) is 1.64. The number of carbonyl (C=O) groups excluding carboxylic acids is 1. The molecule has 0 saturated carbocycles. The molecule has 1 aromatic carbocycles. The van der Waals surface area contributed by atoms with Crippen LogP contribution < -0.4 is 16.6 Å². The average Bonchev–Trinajstić information content (AvgIpc) is 2.18. The number of benzene rings is 1. The van der Waals surface area contributed by atoms with Crippen LogP contribution in [0.1, 0.15) is 10.4 Å². The van der Waals surface area contributed by atoms with Gasteiger partial charge in [-0.1, -0.05) is 0 Å². The van der Waals surface area contributed by atoms with Crippen molar-refractivity contribution in [3.8, 4) is 11.5 Å². The van der Waals surface area contributed by atoms with Crippen molar-refractivity contribution in [1.82, 2.24) is 10.9 Å². The fourth-order valence-electron chi connectivity index (χ4n) is 0.855. The first-order chi connectivity index (χ1) is 7.00. The zero-order chi connectivity index (χ0) is 11.4. The van der Waals surface area contributed by atoms with E-state index in [0.717, 1.165) is 6.07 Å². The molecule has 0 bridgehead atoms. The van der Waals surface area contributed by atoms with E-state index in [0.29, 0.717) is 0 Å². The van der Waals surface area contributed by atoms with Crippen LogP contribution in [0.2, 0.25) is 0 Å². The third kappa shape index (κ3) is 2.99. The first-order valence-corrected chi connectivity index (χ1v) is 4.29. The first kappa shape index (κ1) is 11.1. The van der Waals surface area contributed by atoms with E-state index in [1.54, 1.807) is 0 Å². The number of carbonyl (C=O) groups is 1. The summed E-state index contributed by atoms with van der Waals surface area (Å²) in [5, 5.41) is 18.1. The van der Waals surface area contributed by atoms with Gasteiger partial charge in [0.15, 0.2) is 16.6 Å². The molecule has 1 aromatic rings. The van der Waals surface area contributed by atoms with Crippen LogP contribution in [-0.2, 0) is 0 Å². The van der Waals surface area contributed by atoms with Crippen molar-refractivity contribution in [2.24, 2.45) is 5.73 Å². The van der Waals surface area contributed by atoms with Crippen LogP contribution in [0.3, 0.4) is 0 Å². The second kappa shape index (κ2) is 4.47. The van der Waals surface area contributed by atoms with Crippen molar-refractivity contribution in [3.63, 3.8) is 0 Å². The maximum Gasteiger partial charge on any atom is 0.269 e. The van der Waals surface area contributed by atoms with Gasteiger partial charge in [-0.05, 0) is 30.4 Å². The van der Waals surface area contributed by atoms with Gasteiger partial charge in [0, 0.05) is 5.56 Å². The SMILES string of the molecule is NC(=S)NNC(=O)c1ccc(O)c(O)c1. The largest absolute Gasteiger partial charge is 0.504 e. The Kier molecular flexibility index (Phi) is 3.29. The Balaban J connectivity index is 2.74. The molecule has 0 fully saturated rings. The van der Waals surface area contributed by atoms with Crippen molar-refractivity contribution in [2.75, 3.05) is 0 Å². The lowest BCUT2D eigenvalue weighted by atomic mass is 10.2. The number of hydrogen-bond donors (Lipinski definition) is 5. The number of thiocarbonyl (C=S) groups is 1. The van der Waals surface area contributed by atoms with E-state index >= 15 is 0 Å². The predicted molar refractivity (Wildman–Crippen MR) is 57.2 cm³/mol. The van der Waals surface area contributed by atoms with Crippen LogP contribution in [0.5, 0.6) is 11.5 Å². The number of hydrogen-bond acceptors (Lipinski definition) is 4. The maximum absolute atomic E-state index is 11.3. The highest BCUT2D eigenvalue weighted by atomic mass is 32.1. The molecule has 7 heteroatoms. The molecule has 1 amide bonds. The minimum Gasteiger partial charge on any atom is -0.504 e. The molecule has 6 nitrogen and oxygen atoms in total. The Morgan fingerprint density at radius 2 is 1.93 bits per heavy atom. The van der Waals surface area contributed by atoms with E-state index in [1.807, 2.05) is 0 Å². The molecule has 0 aliphatic rings. The Morgan fingerprint density at radius 3 is 2.47 bits per heavy atom. The molecule has 0 radical (unpaired) electrons. The molecular formula is C8H9N3O3S. The molecule has 0 saturated heterocycles. The molecule has 80 valence electrons. The van der Waals surface area contributed by atoms with Crippen LogP contribution in [0, 0.1) is 0 Å². The van der Waals surface area contributed by atoms with Gasteiger partial charge < -0.3 is 15.9 Å². The van der Waals surface area contributed by atoms with Crippen LogP contribution >= 0.6 is 12.2 Å². The maximum atomic E-state index is 11.3. The van der Waals surface area contributed by atoms with Gasteiger partial charge in [-0.15, -0.1) is 0 Å². The van der Waals surface area contributed by atoms with Gasteiger partial charge in [-0.3, -0.25) is 15.6 Å². The van der Waals surface area contributed by atoms with Crippen LogP contribution in [0.25, 0.3) is 0 Å². The Labute approximate surface area is 90.7 Å². The fourth-order valence-corrected chi connectivity index (χ4v) is 0.906. The van der Waals surface area contributed by atoms with E-state index in [9.17, 15) is 4.79 Å². The number of aromatic hydroxyl groups is 2. The van der Waals surface area contributed by atoms with Gasteiger partial charge in [0.05, 0.1) is 0 Å². The number of nitrogens with two attached hydrogens (primary N) is 1. The summed E-state index contributed by atoms with van der Waals surface area (Å²) >= 11 is 4.47. The topological polar surface area (TPSA) is 108 Å². The predicted octanol–water partition coefficient (Wildman–Crippen LogP) is -0.424.